The number of benzene rings is 2. The van der Waals surface area contributed by atoms with Gasteiger partial charge in [-0.15, -0.1) is 0 Å². The first-order valence-electron chi connectivity index (χ1n) is 14.9. The molecule has 8 nitrogen and oxygen atoms in total. The second-order valence-corrected chi connectivity index (χ2v) is 12.5. The summed E-state index contributed by atoms with van der Waals surface area (Å²) < 4.78 is 34.6. The van der Waals surface area contributed by atoms with Gasteiger partial charge in [0.15, 0.2) is 5.96 Å². The zero-order chi connectivity index (χ0) is 29.9. The second-order valence-electron chi connectivity index (χ2n) is 12.5. The summed E-state index contributed by atoms with van der Waals surface area (Å²) in [5, 5.41) is 7.21. The molecule has 5 rings (SSSR count). The molecule has 2 heterocycles. The zero-order valence-corrected chi connectivity index (χ0v) is 25.0. The molecular weight excluding hydrogens is 538 g/mol. The Hall–Kier alpha value is -3.53. The molecule has 2 fully saturated rings. The molecule has 226 valence electrons. The molecule has 0 amide bonds. The molecule has 2 aromatic carbocycles. The van der Waals surface area contributed by atoms with E-state index in [0.29, 0.717) is 59.6 Å². The number of fused-ring (bicyclic) bond motifs is 1. The van der Waals surface area contributed by atoms with E-state index in [-0.39, 0.29) is 23.5 Å². The molecule has 1 aromatic heterocycles. The highest BCUT2D eigenvalue weighted by Crippen LogP contribution is 2.40. The lowest BCUT2D eigenvalue weighted by Crippen LogP contribution is -2.55. The van der Waals surface area contributed by atoms with Crippen LogP contribution in [0.2, 0.25) is 0 Å². The number of anilines is 1. The highest BCUT2D eigenvalue weighted by atomic mass is 19.1. The van der Waals surface area contributed by atoms with Gasteiger partial charge in [-0.25, -0.2) is 18.8 Å². The van der Waals surface area contributed by atoms with Crippen molar-refractivity contribution in [3.05, 3.63) is 64.5 Å². The van der Waals surface area contributed by atoms with E-state index in [4.69, 9.17) is 9.73 Å². The van der Waals surface area contributed by atoms with Crippen LogP contribution < -0.4 is 20.9 Å². The maximum atomic E-state index is 14.4. The van der Waals surface area contributed by atoms with Gasteiger partial charge in [0.05, 0.1) is 36.4 Å². The van der Waals surface area contributed by atoms with Crippen molar-refractivity contribution >= 4 is 22.5 Å². The number of hydrogen-bond acceptors (Lipinski definition) is 5. The lowest BCUT2D eigenvalue weighted by molar-refractivity contribution is 0.168. The van der Waals surface area contributed by atoms with Gasteiger partial charge < -0.3 is 20.3 Å². The molecule has 1 unspecified atom stereocenters. The Bertz CT molecular complexity index is 1490. The quantitative estimate of drug-likeness (QED) is 0.302. The van der Waals surface area contributed by atoms with E-state index in [1.54, 1.807) is 18.2 Å². The predicted molar refractivity (Wildman–Crippen MR) is 164 cm³/mol. The van der Waals surface area contributed by atoms with Crippen molar-refractivity contribution in [1.29, 1.82) is 0 Å². The van der Waals surface area contributed by atoms with Crippen LogP contribution in [0.15, 0.2) is 52.5 Å². The van der Waals surface area contributed by atoms with Gasteiger partial charge in [0, 0.05) is 37.9 Å². The summed E-state index contributed by atoms with van der Waals surface area (Å²) in [4.78, 5) is 25.1. The number of aryl methyl sites for hydroxylation is 2. The van der Waals surface area contributed by atoms with Crippen molar-refractivity contribution in [2.45, 2.75) is 65.1 Å². The third kappa shape index (κ3) is 6.91. The average Bonchev–Trinajstić information content (AvgIpc) is 2.98. The first-order valence-corrected chi connectivity index (χ1v) is 14.9. The molecule has 1 aliphatic carbocycles. The number of piperazine rings is 1. The van der Waals surface area contributed by atoms with Crippen LogP contribution in [0.25, 0.3) is 10.9 Å². The Balaban J connectivity index is 1.36. The minimum Gasteiger partial charge on any atom is -0.497 e. The maximum absolute atomic E-state index is 14.4. The standard InChI is InChI=1S/C32H42F2N6O2/c1-21-17-32(2,3)11-9-28(21)38-31(39-14-12-35-24(18-33)19-39)37-23-6-8-26-29(15-23)36-20-40(30(26)41)13-10-22-5-7-25(42-4)16-27(22)34/h5-8,15-16,20-21,24,28,35H,9-14,17-19H2,1-4H3,(H,37,38)/t21-,24-,28?/m0/s1. The smallest absolute Gasteiger partial charge is 0.261 e. The lowest BCUT2D eigenvalue weighted by Gasteiger charge is -2.39. The van der Waals surface area contributed by atoms with Gasteiger partial charge in [-0.05, 0) is 66.8 Å². The van der Waals surface area contributed by atoms with Crippen molar-refractivity contribution in [3.8, 4) is 5.75 Å². The van der Waals surface area contributed by atoms with Gasteiger partial charge >= 0.3 is 0 Å². The van der Waals surface area contributed by atoms with Crippen LogP contribution in [0.1, 0.15) is 45.6 Å². The molecule has 0 spiro atoms. The summed E-state index contributed by atoms with van der Waals surface area (Å²) in [6.45, 7) is 8.70. The average molecular weight is 581 g/mol. The Morgan fingerprint density at radius 1 is 1.26 bits per heavy atom. The van der Waals surface area contributed by atoms with Crippen molar-refractivity contribution in [2.75, 3.05) is 38.7 Å². The molecule has 0 bridgehead atoms. The molecule has 2 N–H and O–H groups in total. The van der Waals surface area contributed by atoms with Crippen LogP contribution >= 0.6 is 0 Å². The molecule has 42 heavy (non-hydrogen) atoms. The number of nitrogens with one attached hydrogen (secondary N) is 2. The Morgan fingerprint density at radius 3 is 2.83 bits per heavy atom. The number of hydrogen-bond donors (Lipinski definition) is 2. The summed E-state index contributed by atoms with van der Waals surface area (Å²) in [5.74, 6) is 1.27. The lowest BCUT2D eigenvalue weighted by atomic mass is 9.71. The third-order valence-corrected chi connectivity index (χ3v) is 8.64. The molecule has 1 saturated carbocycles. The van der Waals surface area contributed by atoms with Crippen LogP contribution in [-0.2, 0) is 13.0 Å². The molecular formula is C32H42F2N6O2. The fourth-order valence-corrected chi connectivity index (χ4v) is 6.22. The molecule has 10 heteroatoms. The van der Waals surface area contributed by atoms with Gasteiger partial charge in [-0.1, -0.05) is 26.8 Å². The monoisotopic (exact) mass is 580 g/mol. The maximum Gasteiger partial charge on any atom is 0.261 e. The number of aromatic nitrogens is 2. The predicted octanol–water partition coefficient (Wildman–Crippen LogP) is 5.01. The summed E-state index contributed by atoms with van der Waals surface area (Å²) >= 11 is 0. The number of ether oxygens (including phenoxy) is 1. The zero-order valence-electron chi connectivity index (χ0n) is 25.0. The Kier molecular flexibility index (Phi) is 9.11. The fraction of sp³-hybridized carbons (Fsp3) is 0.531. The summed E-state index contributed by atoms with van der Waals surface area (Å²) in [7, 11) is 1.49. The molecule has 3 aromatic rings. The highest BCUT2D eigenvalue weighted by molar-refractivity contribution is 5.96. The van der Waals surface area contributed by atoms with Crippen LogP contribution in [0.5, 0.6) is 5.75 Å². The van der Waals surface area contributed by atoms with E-state index in [9.17, 15) is 13.6 Å². The largest absolute Gasteiger partial charge is 0.497 e. The topological polar surface area (TPSA) is 83.8 Å². The van der Waals surface area contributed by atoms with Gasteiger partial charge in [-0.2, -0.15) is 0 Å². The number of halogens is 2. The highest BCUT2D eigenvalue weighted by Gasteiger charge is 2.33. The summed E-state index contributed by atoms with van der Waals surface area (Å²) in [5.41, 5.74) is 1.97. The van der Waals surface area contributed by atoms with Crippen molar-refractivity contribution in [2.24, 2.45) is 16.3 Å². The molecule has 0 radical (unpaired) electrons. The van der Waals surface area contributed by atoms with Crippen LogP contribution in [0.3, 0.4) is 0 Å². The van der Waals surface area contributed by atoms with Gasteiger partial charge in [-0.3, -0.25) is 9.36 Å². The van der Waals surface area contributed by atoms with Crippen molar-refractivity contribution in [3.63, 3.8) is 0 Å². The first kappa shape index (κ1) is 29.9. The van der Waals surface area contributed by atoms with E-state index >= 15 is 0 Å². The number of nitrogens with zero attached hydrogens (tertiary/aromatic N) is 4. The van der Waals surface area contributed by atoms with Crippen LogP contribution in [0, 0.1) is 17.2 Å². The summed E-state index contributed by atoms with van der Waals surface area (Å²) in [6.07, 6.45) is 5.10. The number of methoxy groups -OCH3 is 1. The molecule has 1 aliphatic heterocycles. The Morgan fingerprint density at radius 2 is 2.10 bits per heavy atom. The third-order valence-electron chi connectivity index (χ3n) is 8.64. The van der Waals surface area contributed by atoms with Gasteiger partial charge in [0.1, 0.15) is 18.2 Å². The number of alkyl halides is 1. The van der Waals surface area contributed by atoms with Gasteiger partial charge in [0.25, 0.3) is 5.56 Å². The first-order chi connectivity index (χ1) is 20.2. The fourth-order valence-electron chi connectivity index (χ4n) is 6.22. The normalized spacial score (nSPS) is 22.8. The molecule has 1 saturated heterocycles. The van der Waals surface area contributed by atoms with E-state index in [1.807, 2.05) is 12.1 Å². The van der Waals surface area contributed by atoms with E-state index < -0.39 is 6.67 Å². The molecule has 3 atom stereocenters. The molecule has 2 aliphatic rings. The van der Waals surface area contributed by atoms with Crippen LogP contribution in [0.4, 0.5) is 14.5 Å². The summed E-state index contributed by atoms with van der Waals surface area (Å²) in [6, 6.07) is 10.1. The minimum absolute atomic E-state index is 0.180. The van der Waals surface area contributed by atoms with E-state index in [2.05, 4.69) is 41.3 Å². The van der Waals surface area contributed by atoms with E-state index in [0.717, 1.165) is 37.5 Å². The number of aliphatic imine (C=N–C) groups is 1. The van der Waals surface area contributed by atoms with Gasteiger partial charge in [0.2, 0.25) is 0 Å². The second kappa shape index (κ2) is 12.8. The number of rotatable bonds is 7. The van der Waals surface area contributed by atoms with Crippen LogP contribution in [-0.4, -0.2) is 65.9 Å². The number of guanidine groups is 1. The van der Waals surface area contributed by atoms with Crippen molar-refractivity contribution < 1.29 is 13.5 Å². The Labute approximate surface area is 246 Å². The van der Waals surface area contributed by atoms with E-state index in [1.165, 1.54) is 24.1 Å². The minimum atomic E-state index is -0.435. The van der Waals surface area contributed by atoms with Crippen molar-refractivity contribution in [1.82, 2.24) is 19.8 Å². The SMILES string of the molecule is COc1ccc(CCn2cnc3cc(N/C(=N/C4CCC(C)(C)C[C@@H]4C)N4CCN[C@@H](CF)C4)ccc3c2=O)c(F)c1.